The average molecular weight is 526 g/mol. The number of carbonyl (C=O) groups excluding carboxylic acids is 2. The molecular formula is C31H31N3O5. The Morgan fingerprint density at radius 1 is 0.923 bits per heavy atom. The third-order valence-corrected chi connectivity index (χ3v) is 8.70. The van der Waals surface area contributed by atoms with E-state index in [1.165, 1.54) is 12.1 Å². The van der Waals surface area contributed by atoms with Crippen molar-refractivity contribution in [2.75, 3.05) is 4.90 Å². The van der Waals surface area contributed by atoms with E-state index in [1.54, 1.807) is 17.0 Å². The summed E-state index contributed by atoms with van der Waals surface area (Å²) in [6, 6.07) is 21.0. The monoisotopic (exact) mass is 525 g/mol. The highest BCUT2D eigenvalue weighted by Gasteiger charge is 2.63. The molecule has 3 aromatic carbocycles. The molecule has 0 radical (unpaired) electrons. The molecule has 0 unspecified atom stereocenters. The number of aliphatic hydroxyl groups excluding tert-OH is 1. The molecule has 1 N–H and O–H groups in total. The van der Waals surface area contributed by atoms with Crippen LogP contribution < -0.4 is 4.90 Å². The van der Waals surface area contributed by atoms with E-state index in [0.717, 1.165) is 43.2 Å². The number of benzene rings is 3. The second kappa shape index (κ2) is 9.93. The lowest BCUT2D eigenvalue weighted by Crippen LogP contribution is -2.55. The van der Waals surface area contributed by atoms with Crippen LogP contribution in [0.15, 0.2) is 72.8 Å². The molecule has 6 rings (SSSR count). The molecular weight excluding hydrogens is 494 g/mol. The topological polar surface area (TPSA) is 104 Å². The Morgan fingerprint density at radius 3 is 2.31 bits per heavy atom. The Bertz CT molecular complexity index is 1420. The highest BCUT2D eigenvalue weighted by molar-refractivity contribution is 6.09. The van der Waals surface area contributed by atoms with E-state index < -0.39 is 16.4 Å². The van der Waals surface area contributed by atoms with E-state index >= 15 is 0 Å². The summed E-state index contributed by atoms with van der Waals surface area (Å²) in [4.78, 5) is 43.4. The molecule has 0 spiro atoms. The van der Waals surface area contributed by atoms with Crippen LogP contribution in [-0.2, 0) is 28.2 Å². The summed E-state index contributed by atoms with van der Waals surface area (Å²) in [5.74, 6) is -0.253. The third kappa shape index (κ3) is 4.10. The highest BCUT2D eigenvalue weighted by atomic mass is 16.6. The summed E-state index contributed by atoms with van der Waals surface area (Å²) in [7, 11) is 0. The van der Waals surface area contributed by atoms with Crippen molar-refractivity contribution in [2.24, 2.45) is 0 Å². The van der Waals surface area contributed by atoms with Gasteiger partial charge in [-0.2, -0.15) is 0 Å². The van der Waals surface area contributed by atoms with E-state index in [0.29, 0.717) is 23.4 Å². The molecule has 1 saturated heterocycles. The maximum atomic E-state index is 14.8. The fourth-order valence-corrected chi connectivity index (χ4v) is 6.88. The maximum absolute atomic E-state index is 14.8. The van der Waals surface area contributed by atoms with E-state index in [2.05, 4.69) is 0 Å². The van der Waals surface area contributed by atoms with Crippen LogP contribution >= 0.6 is 0 Å². The number of aliphatic hydroxyl groups is 1. The van der Waals surface area contributed by atoms with Gasteiger partial charge in [0, 0.05) is 30.3 Å². The second-order valence-corrected chi connectivity index (χ2v) is 10.9. The fourth-order valence-electron chi connectivity index (χ4n) is 6.88. The van der Waals surface area contributed by atoms with Gasteiger partial charge in [0.15, 0.2) is 0 Å². The van der Waals surface area contributed by atoms with Crippen molar-refractivity contribution in [1.82, 2.24) is 4.90 Å². The number of nitrogens with zero attached hydrogens (tertiary/aromatic N) is 3. The van der Waals surface area contributed by atoms with Gasteiger partial charge < -0.3 is 14.9 Å². The fraction of sp³-hybridized carbons (Fsp3) is 0.355. The lowest BCUT2D eigenvalue weighted by atomic mass is 9.67. The van der Waals surface area contributed by atoms with Crippen molar-refractivity contribution in [2.45, 2.75) is 69.2 Å². The lowest BCUT2D eigenvalue weighted by molar-refractivity contribution is -0.384. The predicted octanol–water partition coefficient (Wildman–Crippen LogP) is 5.18. The highest BCUT2D eigenvalue weighted by Crippen LogP contribution is 2.58. The molecule has 3 aromatic rings. The van der Waals surface area contributed by atoms with Crippen molar-refractivity contribution in [3.63, 3.8) is 0 Å². The predicted molar refractivity (Wildman–Crippen MR) is 146 cm³/mol. The zero-order valence-electron chi connectivity index (χ0n) is 21.7. The zero-order chi connectivity index (χ0) is 27.1. The first-order chi connectivity index (χ1) is 18.9. The first-order valence-corrected chi connectivity index (χ1v) is 13.6. The van der Waals surface area contributed by atoms with Gasteiger partial charge >= 0.3 is 0 Å². The molecule has 2 atom stereocenters. The van der Waals surface area contributed by atoms with Crippen LogP contribution in [0.3, 0.4) is 0 Å². The minimum absolute atomic E-state index is 0.0112. The molecule has 1 aliphatic carbocycles. The summed E-state index contributed by atoms with van der Waals surface area (Å²) >= 11 is 0. The molecule has 1 saturated carbocycles. The Morgan fingerprint density at radius 2 is 1.64 bits per heavy atom. The molecule has 39 heavy (non-hydrogen) atoms. The largest absolute Gasteiger partial charge is 0.392 e. The Balaban J connectivity index is 1.57. The zero-order valence-corrected chi connectivity index (χ0v) is 21.7. The van der Waals surface area contributed by atoms with Gasteiger partial charge in [-0.05, 0) is 41.2 Å². The Hall–Kier alpha value is -4.04. The number of nitro groups is 1. The number of likely N-dealkylation sites (tertiary alicyclic amines) is 1. The summed E-state index contributed by atoms with van der Waals surface area (Å²) < 4.78 is 0. The van der Waals surface area contributed by atoms with Gasteiger partial charge in [0.2, 0.25) is 11.8 Å². The van der Waals surface area contributed by atoms with Crippen molar-refractivity contribution in [3.8, 4) is 0 Å². The minimum atomic E-state index is -1.22. The molecule has 0 bridgehead atoms. The van der Waals surface area contributed by atoms with Crippen LogP contribution in [0.25, 0.3) is 0 Å². The maximum Gasteiger partial charge on any atom is 0.269 e. The molecule has 2 heterocycles. The SMILES string of the molecule is O=C1C[C@]2(c3ccc([N+](=O)[O-])cc3)C(=O)N(Cc3ccccc3)c3cc(CO)ccc3[C@H]2N1C1CCCCC1. The number of hydrogen-bond acceptors (Lipinski definition) is 5. The molecule has 2 amide bonds. The van der Waals surface area contributed by atoms with Crippen LogP contribution in [-0.4, -0.2) is 32.8 Å². The third-order valence-electron chi connectivity index (χ3n) is 8.70. The van der Waals surface area contributed by atoms with Crippen molar-refractivity contribution in [1.29, 1.82) is 0 Å². The average Bonchev–Trinajstić information content (AvgIpc) is 3.30. The number of amides is 2. The quantitative estimate of drug-likeness (QED) is 0.353. The van der Waals surface area contributed by atoms with Gasteiger partial charge in [0.25, 0.3) is 5.69 Å². The number of anilines is 1. The summed E-state index contributed by atoms with van der Waals surface area (Å²) in [5, 5.41) is 21.4. The van der Waals surface area contributed by atoms with Crippen LogP contribution in [0, 0.1) is 10.1 Å². The van der Waals surface area contributed by atoms with Gasteiger partial charge in [-0.3, -0.25) is 19.7 Å². The number of non-ortho nitro benzene ring substituents is 1. The second-order valence-electron chi connectivity index (χ2n) is 10.9. The molecule has 2 aliphatic heterocycles. The van der Waals surface area contributed by atoms with Crippen molar-refractivity contribution >= 4 is 23.2 Å². The number of rotatable bonds is 6. The summed E-state index contributed by atoms with van der Waals surface area (Å²) in [6.07, 6.45) is 5.01. The van der Waals surface area contributed by atoms with Gasteiger partial charge in [0.1, 0.15) is 5.41 Å². The van der Waals surface area contributed by atoms with E-state index in [-0.39, 0.29) is 36.6 Å². The van der Waals surface area contributed by atoms with Crippen LogP contribution in [0.4, 0.5) is 11.4 Å². The van der Waals surface area contributed by atoms with E-state index in [4.69, 9.17) is 0 Å². The first kappa shape index (κ1) is 25.2. The normalized spacial score (nSPS) is 23.1. The number of carbonyl (C=O) groups is 2. The van der Waals surface area contributed by atoms with Crippen molar-refractivity contribution in [3.05, 3.63) is 105 Å². The Kier molecular flexibility index (Phi) is 6.43. The smallest absolute Gasteiger partial charge is 0.269 e. The van der Waals surface area contributed by atoms with Crippen LogP contribution in [0.5, 0.6) is 0 Å². The number of fused-ring (bicyclic) bond motifs is 3. The number of nitro benzene ring substituents is 1. The summed E-state index contributed by atoms with van der Waals surface area (Å²) in [6.45, 7) is 0.144. The molecule has 200 valence electrons. The minimum Gasteiger partial charge on any atom is -0.392 e. The van der Waals surface area contributed by atoms with E-state index in [1.807, 2.05) is 53.4 Å². The molecule has 8 nitrogen and oxygen atoms in total. The number of hydrogen-bond donors (Lipinski definition) is 1. The molecule has 3 aliphatic rings. The van der Waals surface area contributed by atoms with Crippen molar-refractivity contribution < 1.29 is 19.6 Å². The lowest BCUT2D eigenvalue weighted by Gasteiger charge is -2.48. The molecule has 2 fully saturated rings. The standard InChI is InChI=1S/C31H31N3O5/c35-20-22-11-16-26-27(17-22)32(19-21-7-3-1-4-8-21)30(37)31(23-12-14-25(15-13-23)34(38)39)18-28(36)33(29(26)31)24-9-5-2-6-10-24/h1,3-4,7-8,11-17,24,29,35H,2,5-6,9-10,18-20H2/t29-,31-/m1/s1. The first-order valence-electron chi connectivity index (χ1n) is 13.6. The van der Waals surface area contributed by atoms with Gasteiger partial charge in [-0.25, -0.2) is 0 Å². The van der Waals surface area contributed by atoms with Crippen LogP contribution in [0.2, 0.25) is 0 Å². The van der Waals surface area contributed by atoms with Crippen LogP contribution in [0.1, 0.15) is 66.8 Å². The van der Waals surface area contributed by atoms with Gasteiger partial charge in [-0.1, -0.05) is 73.9 Å². The molecule has 8 heteroatoms. The molecule has 0 aromatic heterocycles. The summed E-state index contributed by atoms with van der Waals surface area (Å²) in [5.41, 5.74) is 2.55. The Labute approximate surface area is 227 Å². The van der Waals surface area contributed by atoms with Gasteiger partial charge in [0.05, 0.1) is 24.1 Å². The van der Waals surface area contributed by atoms with Gasteiger partial charge in [-0.15, -0.1) is 0 Å². The van der Waals surface area contributed by atoms with E-state index in [9.17, 15) is 24.8 Å².